The van der Waals surface area contributed by atoms with E-state index in [4.69, 9.17) is 0 Å². The summed E-state index contributed by atoms with van der Waals surface area (Å²) in [5.41, 5.74) is 4.30. The van der Waals surface area contributed by atoms with Gasteiger partial charge < -0.3 is 5.32 Å². The van der Waals surface area contributed by atoms with E-state index < -0.39 is 0 Å². The van der Waals surface area contributed by atoms with Crippen molar-refractivity contribution in [3.05, 3.63) is 78.0 Å². The lowest BCUT2D eigenvalue weighted by Gasteiger charge is -2.07. The number of nitrogens with one attached hydrogen (secondary N) is 1. The van der Waals surface area contributed by atoms with Crippen LogP contribution in [0.25, 0.3) is 20.9 Å². The molecular formula is C20H15N3OS. The molecule has 0 radical (unpaired) electrons. The van der Waals surface area contributed by atoms with Crippen LogP contribution in [-0.2, 0) is 0 Å². The van der Waals surface area contributed by atoms with Crippen molar-refractivity contribution in [2.24, 2.45) is 0 Å². The zero-order valence-corrected chi connectivity index (χ0v) is 14.4. The van der Waals surface area contributed by atoms with Crippen molar-refractivity contribution < 1.29 is 4.79 Å². The summed E-state index contributed by atoms with van der Waals surface area (Å²) in [7, 11) is 0. The number of aryl methyl sites for hydroxylation is 1. The van der Waals surface area contributed by atoms with E-state index in [1.165, 1.54) is 0 Å². The summed E-state index contributed by atoms with van der Waals surface area (Å²) in [5, 5.41) is 3.84. The summed E-state index contributed by atoms with van der Waals surface area (Å²) in [5.74, 6) is -0.119. The molecular weight excluding hydrogens is 330 g/mol. The molecule has 0 bridgehead atoms. The van der Waals surface area contributed by atoms with E-state index in [9.17, 15) is 4.79 Å². The van der Waals surface area contributed by atoms with Crippen LogP contribution >= 0.6 is 11.3 Å². The fourth-order valence-corrected chi connectivity index (χ4v) is 3.52. The van der Waals surface area contributed by atoms with Gasteiger partial charge in [0.2, 0.25) is 0 Å². The number of benzene rings is 2. The fourth-order valence-electron chi connectivity index (χ4n) is 2.61. The van der Waals surface area contributed by atoms with E-state index in [0.717, 1.165) is 32.2 Å². The first-order valence-electron chi connectivity index (χ1n) is 7.89. The van der Waals surface area contributed by atoms with Crippen molar-refractivity contribution in [2.75, 3.05) is 5.32 Å². The smallest absolute Gasteiger partial charge is 0.255 e. The van der Waals surface area contributed by atoms with E-state index in [0.29, 0.717) is 5.56 Å². The molecule has 0 spiro atoms. The number of pyridine rings is 1. The molecule has 0 aliphatic heterocycles. The first kappa shape index (κ1) is 15.5. The van der Waals surface area contributed by atoms with E-state index in [-0.39, 0.29) is 5.91 Å². The van der Waals surface area contributed by atoms with Gasteiger partial charge in [-0.1, -0.05) is 41.2 Å². The highest BCUT2D eigenvalue weighted by Gasteiger charge is 2.10. The Morgan fingerprint density at radius 2 is 1.92 bits per heavy atom. The van der Waals surface area contributed by atoms with E-state index in [1.54, 1.807) is 17.5 Å². The van der Waals surface area contributed by atoms with Gasteiger partial charge in [-0.05, 0) is 43.3 Å². The maximum Gasteiger partial charge on any atom is 0.255 e. The Labute approximate surface area is 149 Å². The number of anilines is 1. The molecule has 2 heterocycles. The lowest BCUT2D eigenvalue weighted by molar-refractivity contribution is 0.102. The number of hydrogen-bond donors (Lipinski definition) is 1. The number of fused-ring (bicyclic) bond motifs is 1. The summed E-state index contributed by atoms with van der Waals surface area (Å²) in [6.45, 7) is 1.97. The molecule has 0 unspecified atom stereocenters. The van der Waals surface area contributed by atoms with Crippen LogP contribution in [0.1, 0.15) is 15.9 Å². The summed E-state index contributed by atoms with van der Waals surface area (Å²) in [4.78, 5) is 22.3. The normalized spacial score (nSPS) is 10.8. The Morgan fingerprint density at radius 3 is 2.76 bits per heavy atom. The third-order valence-electron chi connectivity index (χ3n) is 3.81. The predicted octanol–water partition coefficient (Wildman–Crippen LogP) is 4.92. The minimum absolute atomic E-state index is 0.119. The average Bonchev–Trinajstić information content (AvgIpc) is 3.06. The van der Waals surface area contributed by atoms with E-state index in [1.807, 2.05) is 67.6 Å². The minimum Gasteiger partial charge on any atom is -0.322 e. The second-order valence-corrected chi connectivity index (χ2v) is 6.73. The Bertz CT molecular complexity index is 1040. The van der Waals surface area contributed by atoms with Gasteiger partial charge >= 0.3 is 0 Å². The van der Waals surface area contributed by atoms with Gasteiger partial charge in [-0.15, -0.1) is 0 Å². The maximum absolute atomic E-state index is 12.4. The van der Waals surface area contributed by atoms with Crippen LogP contribution in [0.15, 0.2) is 66.9 Å². The number of rotatable bonds is 3. The molecule has 122 valence electrons. The molecule has 0 aliphatic rings. The number of thiazole rings is 1. The number of carbonyl (C=O) groups is 1. The number of carbonyl (C=O) groups excluding carboxylic acids is 1. The van der Waals surface area contributed by atoms with E-state index >= 15 is 0 Å². The van der Waals surface area contributed by atoms with Crippen molar-refractivity contribution in [1.29, 1.82) is 0 Å². The maximum atomic E-state index is 12.4. The van der Waals surface area contributed by atoms with Crippen LogP contribution in [0.4, 0.5) is 5.69 Å². The van der Waals surface area contributed by atoms with Crippen LogP contribution in [0.5, 0.6) is 0 Å². The Hall–Kier alpha value is -3.05. The van der Waals surface area contributed by atoms with Crippen molar-refractivity contribution in [2.45, 2.75) is 6.92 Å². The Morgan fingerprint density at radius 1 is 1.04 bits per heavy atom. The summed E-state index contributed by atoms with van der Waals surface area (Å²) >= 11 is 1.54. The highest BCUT2D eigenvalue weighted by Crippen LogP contribution is 2.30. The van der Waals surface area contributed by atoms with Crippen molar-refractivity contribution in [3.63, 3.8) is 0 Å². The minimum atomic E-state index is -0.119. The van der Waals surface area contributed by atoms with Gasteiger partial charge in [0.15, 0.2) is 0 Å². The fraction of sp³-hybridized carbons (Fsp3) is 0.0500. The lowest BCUT2D eigenvalue weighted by atomic mass is 10.1. The molecule has 2 aromatic heterocycles. The van der Waals surface area contributed by atoms with Crippen LogP contribution in [0.2, 0.25) is 0 Å². The zero-order valence-electron chi connectivity index (χ0n) is 13.6. The first-order chi connectivity index (χ1) is 12.2. The molecule has 1 N–H and O–H groups in total. The molecule has 4 aromatic rings. The Balaban J connectivity index is 1.62. The topological polar surface area (TPSA) is 54.9 Å². The van der Waals surface area contributed by atoms with Gasteiger partial charge in [0.25, 0.3) is 5.91 Å². The largest absolute Gasteiger partial charge is 0.322 e. The molecule has 0 saturated heterocycles. The molecule has 0 aliphatic carbocycles. The molecule has 4 rings (SSSR count). The lowest BCUT2D eigenvalue weighted by Crippen LogP contribution is -2.11. The molecule has 0 fully saturated rings. The van der Waals surface area contributed by atoms with E-state index in [2.05, 4.69) is 15.3 Å². The van der Waals surface area contributed by atoms with Crippen LogP contribution in [-0.4, -0.2) is 15.9 Å². The summed E-state index contributed by atoms with van der Waals surface area (Å²) < 4.78 is 0. The standard InChI is InChI=1S/C20H15N3OS/c1-13-5-2-6-14(11-13)18(24)22-16-8-3-7-15(12-16)19-23-17-9-4-10-21-20(17)25-19/h2-12H,1H3,(H,22,24). The Kier molecular flexibility index (Phi) is 3.99. The summed E-state index contributed by atoms with van der Waals surface area (Å²) in [6.07, 6.45) is 1.77. The van der Waals surface area contributed by atoms with Gasteiger partial charge in [0.05, 0.1) is 0 Å². The number of nitrogens with zero attached hydrogens (tertiary/aromatic N) is 2. The molecule has 25 heavy (non-hydrogen) atoms. The van der Waals surface area contributed by atoms with Crippen molar-refractivity contribution in [1.82, 2.24) is 9.97 Å². The molecule has 5 heteroatoms. The molecule has 1 amide bonds. The van der Waals surface area contributed by atoms with Crippen molar-refractivity contribution in [3.8, 4) is 10.6 Å². The number of aromatic nitrogens is 2. The molecule has 0 atom stereocenters. The van der Waals surface area contributed by atoms with Gasteiger partial charge in [0.1, 0.15) is 15.4 Å². The SMILES string of the molecule is Cc1cccc(C(=O)Nc2cccc(-c3nc4cccnc4s3)c2)c1. The third kappa shape index (κ3) is 3.27. The van der Waals surface area contributed by atoms with Crippen LogP contribution < -0.4 is 5.32 Å². The second kappa shape index (κ2) is 6.45. The van der Waals surface area contributed by atoms with Crippen LogP contribution in [0, 0.1) is 6.92 Å². The quantitative estimate of drug-likeness (QED) is 0.573. The number of amides is 1. The van der Waals surface area contributed by atoms with Crippen LogP contribution in [0.3, 0.4) is 0 Å². The average molecular weight is 345 g/mol. The monoisotopic (exact) mass is 345 g/mol. The number of hydrogen-bond acceptors (Lipinski definition) is 4. The second-order valence-electron chi connectivity index (χ2n) is 5.75. The van der Waals surface area contributed by atoms with Gasteiger partial charge in [-0.2, -0.15) is 0 Å². The summed E-state index contributed by atoms with van der Waals surface area (Å²) in [6, 6.07) is 19.1. The highest BCUT2D eigenvalue weighted by molar-refractivity contribution is 7.21. The molecule has 0 saturated carbocycles. The first-order valence-corrected chi connectivity index (χ1v) is 8.71. The van der Waals surface area contributed by atoms with Gasteiger partial charge in [-0.3, -0.25) is 4.79 Å². The van der Waals surface area contributed by atoms with Gasteiger partial charge in [-0.25, -0.2) is 9.97 Å². The zero-order chi connectivity index (χ0) is 17.2. The molecule has 4 nitrogen and oxygen atoms in total. The highest BCUT2D eigenvalue weighted by atomic mass is 32.1. The van der Waals surface area contributed by atoms with Crippen molar-refractivity contribution >= 4 is 33.3 Å². The predicted molar refractivity (Wildman–Crippen MR) is 102 cm³/mol. The van der Waals surface area contributed by atoms with Gasteiger partial charge in [0, 0.05) is 23.0 Å². The molecule has 2 aromatic carbocycles. The third-order valence-corrected chi connectivity index (χ3v) is 4.84.